The number of piperidine rings is 3. The van der Waals surface area contributed by atoms with Gasteiger partial charge in [0.1, 0.15) is 0 Å². The van der Waals surface area contributed by atoms with Gasteiger partial charge in [-0.1, -0.05) is 0 Å². The van der Waals surface area contributed by atoms with Crippen LogP contribution < -0.4 is 5.32 Å². The quantitative estimate of drug-likeness (QED) is 0.820. The Morgan fingerprint density at radius 3 is 2.45 bits per heavy atom. The lowest BCUT2D eigenvalue weighted by molar-refractivity contribution is -0.139. The number of carbonyl (C=O) groups is 1. The first kappa shape index (κ1) is 20.8. The molecule has 0 saturated carbocycles. The summed E-state index contributed by atoms with van der Waals surface area (Å²) in [6, 6.07) is 5.46. The van der Waals surface area contributed by atoms with E-state index in [2.05, 4.69) is 37.1 Å². The molecular formula is C23H37N5O. The molecule has 0 radical (unpaired) electrons. The molecule has 4 heterocycles. The summed E-state index contributed by atoms with van der Waals surface area (Å²) < 4.78 is 0. The van der Waals surface area contributed by atoms with Crippen molar-refractivity contribution in [1.82, 2.24) is 25.0 Å². The van der Waals surface area contributed by atoms with Gasteiger partial charge in [0.05, 0.1) is 5.92 Å². The zero-order valence-electron chi connectivity index (χ0n) is 17.9. The summed E-state index contributed by atoms with van der Waals surface area (Å²) in [4.78, 5) is 24.5. The molecule has 3 fully saturated rings. The molecule has 0 aromatic carbocycles. The first-order valence-electron chi connectivity index (χ1n) is 11.5. The van der Waals surface area contributed by atoms with Gasteiger partial charge in [-0.3, -0.25) is 19.6 Å². The third-order valence-electron chi connectivity index (χ3n) is 7.25. The summed E-state index contributed by atoms with van der Waals surface area (Å²) in [7, 11) is 2.03. The summed E-state index contributed by atoms with van der Waals surface area (Å²) in [6.07, 6.45) is 10.6. The normalized spacial score (nSPS) is 26.0. The number of rotatable bonds is 5. The Hall–Kier alpha value is -1.50. The number of likely N-dealkylation sites (tertiary alicyclic amines) is 3. The molecule has 0 aliphatic carbocycles. The van der Waals surface area contributed by atoms with Crippen LogP contribution in [0.3, 0.4) is 0 Å². The zero-order valence-corrected chi connectivity index (χ0v) is 17.9. The average molecular weight is 400 g/mol. The maximum absolute atomic E-state index is 13.1. The minimum atomic E-state index is 0.213. The van der Waals surface area contributed by atoms with Crippen molar-refractivity contribution in [3.63, 3.8) is 0 Å². The van der Waals surface area contributed by atoms with Gasteiger partial charge in [-0.15, -0.1) is 0 Å². The predicted octanol–water partition coefficient (Wildman–Crippen LogP) is 1.97. The predicted molar refractivity (Wildman–Crippen MR) is 115 cm³/mol. The van der Waals surface area contributed by atoms with Crippen molar-refractivity contribution in [3.8, 4) is 0 Å². The monoisotopic (exact) mass is 399 g/mol. The van der Waals surface area contributed by atoms with E-state index in [1.54, 1.807) is 0 Å². The summed E-state index contributed by atoms with van der Waals surface area (Å²) in [5.74, 6) is 0.629. The lowest BCUT2D eigenvalue weighted by Gasteiger charge is -2.43. The Morgan fingerprint density at radius 1 is 1.03 bits per heavy atom. The molecule has 0 spiro atoms. The van der Waals surface area contributed by atoms with E-state index in [4.69, 9.17) is 0 Å². The first-order valence-corrected chi connectivity index (χ1v) is 11.5. The number of nitrogens with one attached hydrogen (secondary N) is 1. The summed E-state index contributed by atoms with van der Waals surface area (Å²) in [6.45, 7) is 7.32. The standard InChI is InChI=1S/C23H37N5O/c1-24-21-6-15-27(16-7-21)23(29)20-3-2-12-28(18-20)22-8-13-26(14-9-22)17-19-4-10-25-11-5-19/h4-5,10-11,20-22,24H,2-3,6-9,12-18H2,1H3. The molecule has 1 N–H and O–H groups in total. The van der Waals surface area contributed by atoms with Crippen LogP contribution in [0.2, 0.25) is 0 Å². The van der Waals surface area contributed by atoms with Crippen LogP contribution in [-0.4, -0.2) is 84.0 Å². The summed E-state index contributed by atoms with van der Waals surface area (Å²) >= 11 is 0. The number of hydrogen-bond acceptors (Lipinski definition) is 5. The molecule has 4 rings (SSSR count). The van der Waals surface area contributed by atoms with Crippen molar-refractivity contribution in [2.45, 2.75) is 57.2 Å². The van der Waals surface area contributed by atoms with Gasteiger partial charge in [-0.25, -0.2) is 0 Å². The Bertz CT molecular complexity index is 638. The Kier molecular flexibility index (Phi) is 7.16. The van der Waals surface area contributed by atoms with Crippen molar-refractivity contribution >= 4 is 5.91 Å². The molecule has 1 amide bonds. The SMILES string of the molecule is CNC1CCN(C(=O)C2CCCN(C3CCN(Cc4ccncc4)CC3)C2)CC1. The Labute approximate surface area is 175 Å². The van der Waals surface area contributed by atoms with Gasteiger partial charge in [0.25, 0.3) is 0 Å². The van der Waals surface area contributed by atoms with Crippen LogP contribution in [0.15, 0.2) is 24.5 Å². The molecule has 29 heavy (non-hydrogen) atoms. The minimum absolute atomic E-state index is 0.213. The van der Waals surface area contributed by atoms with Crippen LogP contribution in [-0.2, 0) is 11.3 Å². The fourth-order valence-corrected chi connectivity index (χ4v) is 5.38. The van der Waals surface area contributed by atoms with Gasteiger partial charge in [0.15, 0.2) is 0 Å². The molecular weight excluding hydrogens is 362 g/mol. The van der Waals surface area contributed by atoms with E-state index in [1.165, 1.54) is 31.4 Å². The second kappa shape index (κ2) is 10.0. The average Bonchev–Trinajstić information content (AvgIpc) is 2.80. The van der Waals surface area contributed by atoms with Crippen molar-refractivity contribution < 1.29 is 4.79 Å². The summed E-state index contributed by atoms with van der Waals surface area (Å²) in [5.41, 5.74) is 1.35. The van der Waals surface area contributed by atoms with E-state index < -0.39 is 0 Å². The molecule has 3 aliphatic heterocycles. The molecule has 1 aromatic heterocycles. The van der Waals surface area contributed by atoms with Gasteiger partial charge in [0, 0.05) is 50.7 Å². The highest BCUT2D eigenvalue weighted by Gasteiger charge is 2.34. The number of pyridine rings is 1. The van der Waals surface area contributed by atoms with Crippen molar-refractivity contribution in [3.05, 3.63) is 30.1 Å². The molecule has 3 aliphatic rings. The summed E-state index contributed by atoms with van der Waals surface area (Å²) in [5, 5.41) is 3.36. The highest BCUT2D eigenvalue weighted by atomic mass is 16.2. The number of aromatic nitrogens is 1. The van der Waals surface area contributed by atoms with Crippen LogP contribution in [0.5, 0.6) is 0 Å². The smallest absolute Gasteiger partial charge is 0.226 e. The highest BCUT2D eigenvalue weighted by molar-refractivity contribution is 5.79. The van der Waals surface area contributed by atoms with Crippen LogP contribution in [0, 0.1) is 5.92 Å². The van der Waals surface area contributed by atoms with Gasteiger partial charge in [-0.05, 0) is 82.9 Å². The van der Waals surface area contributed by atoms with E-state index >= 15 is 0 Å². The molecule has 6 nitrogen and oxygen atoms in total. The molecule has 1 atom stereocenters. The van der Waals surface area contributed by atoms with E-state index in [1.807, 2.05) is 19.4 Å². The van der Waals surface area contributed by atoms with E-state index in [-0.39, 0.29) is 5.92 Å². The van der Waals surface area contributed by atoms with Crippen molar-refractivity contribution in [2.24, 2.45) is 5.92 Å². The lowest BCUT2D eigenvalue weighted by atomic mass is 9.92. The maximum atomic E-state index is 13.1. The van der Waals surface area contributed by atoms with Crippen molar-refractivity contribution in [2.75, 3.05) is 46.3 Å². The van der Waals surface area contributed by atoms with Crippen LogP contribution in [0.4, 0.5) is 0 Å². The largest absolute Gasteiger partial charge is 0.342 e. The van der Waals surface area contributed by atoms with E-state index in [9.17, 15) is 4.79 Å². The minimum Gasteiger partial charge on any atom is -0.342 e. The highest BCUT2D eigenvalue weighted by Crippen LogP contribution is 2.26. The maximum Gasteiger partial charge on any atom is 0.226 e. The third kappa shape index (κ3) is 5.36. The van der Waals surface area contributed by atoms with E-state index in [0.29, 0.717) is 18.0 Å². The second-order valence-electron chi connectivity index (χ2n) is 9.09. The zero-order chi connectivity index (χ0) is 20.1. The number of nitrogens with zero attached hydrogens (tertiary/aromatic N) is 4. The Morgan fingerprint density at radius 2 is 1.76 bits per heavy atom. The van der Waals surface area contributed by atoms with Crippen LogP contribution in [0.25, 0.3) is 0 Å². The molecule has 1 aromatic rings. The molecule has 3 saturated heterocycles. The number of amides is 1. The first-order chi connectivity index (χ1) is 14.2. The molecule has 6 heteroatoms. The number of carbonyl (C=O) groups excluding carboxylic acids is 1. The molecule has 1 unspecified atom stereocenters. The van der Waals surface area contributed by atoms with Gasteiger partial charge < -0.3 is 10.2 Å². The fourth-order valence-electron chi connectivity index (χ4n) is 5.38. The fraction of sp³-hybridized carbons (Fsp3) is 0.739. The van der Waals surface area contributed by atoms with Crippen LogP contribution >= 0.6 is 0 Å². The van der Waals surface area contributed by atoms with Crippen molar-refractivity contribution in [1.29, 1.82) is 0 Å². The second-order valence-corrected chi connectivity index (χ2v) is 9.09. The lowest BCUT2D eigenvalue weighted by Crippen LogP contribution is -2.52. The third-order valence-corrected chi connectivity index (χ3v) is 7.25. The van der Waals surface area contributed by atoms with Gasteiger partial charge in [0.2, 0.25) is 5.91 Å². The van der Waals surface area contributed by atoms with Gasteiger partial charge >= 0.3 is 0 Å². The number of hydrogen-bond donors (Lipinski definition) is 1. The van der Waals surface area contributed by atoms with Gasteiger partial charge in [-0.2, -0.15) is 0 Å². The topological polar surface area (TPSA) is 51.7 Å². The Balaban J connectivity index is 1.24. The van der Waals surface area contributed by atoms with E-state index in [0.717, 1.165) is 58.5 Å². The van der Waals surface area contributed by atoms with Crippen LogP contribution in [0.1, 0.15) is 44.1 Å². The molecule has 160 valence electrons. The molecule has 0 bridgehead atoms.